The molecule has 0 aliphatic carbocycles. The van der Waals surface area contributed by atoms with E-state index in [1.54, 1.807) is 0 Å². The molecule has 0 spiro atoms. The van der Waals surface area contributed by atoms with E-state index in [4.69, 9.17) is 18.6 Å². The molecule has 272 valence electrons. The molecule has 0 radical (unpaired) electrons. The predicted octanol–water partition coefficient (Wildman–Crippen LogP) is 8.87. The number of amides is 2. The van der Waals surface area contributed by atoms with Crippen LogP contribution in [0.3, 0.4) is 0 Å². The number of ether oxygens (including phenoxy) is 3. The fourth-order valence-electron chi connectivity index (χ4n) is 7.13. The second-order valence-electron chi connectivity index (χ2n) is 14.5. The summed E-state index contributed by atoms with van der Waals surface area (Å²) in [6.07, 6.45) is 0.298. The van der Waals surface area contributed by atoms with E-state index in [1.165, 1.54) is 4.90 Å². The fraction of sp³-hybridized carbons (Fsp3) is 0.442. The molecular weight excluding hydrogens is 642 g/mol. The van der Waals surface area contributed by atoms with Crippen LogP contribution in [0.5, 0.6) is 0 Å². The van der Waals surface area contributed by atoms with Gasteiger partial charge in [-0.25, -0.2) is 9.69 Å². The molecule has 3 aromatic carbocycles. The third-order valence-corrected chi connectivity index (χ3v) is 9.63. The van der Waals surface area contributed by atoms with Crippen LogP contribution in [0.1, 0.15) is 81.8 Å². The van der Waals surface area contributed by atoms with Crippen LogP contribution in [0, 0.1) is 18.8 Å². The highest BCUT2D eigenvalue weighted by molar-refractivity contribution is 5.96. The Hall–Kier alpha value is -4.24. The summed E-state index contributed by atoms with van der Waals surface area (Å²) in [5.74, 6) is -0.546. The minimum Gasteiger partial charge on any atom is -0.463 e. The topological polar surface area (TPSA) is 98.4 Å². The zero-order valence-corrected chi connectivity index (χ0v) is 30.8. The fourth-order valence-corrected chi connectivity index (χ4v) is 7.13. The molecule has 1 unspecified atom stereocenters. The number of aliphatic hydroxyl groups is 1. The average Bonchev–Trinajstić information content (AvgIpc) is 3.65. The minimum absolute atomic E-state index is 0.00809. The van der Waals surface area contributed by atoms with Crippen LogP contribution in [0.4, 0.5) is 4.79 Å². The maximum absolute atomic E-state index is 14.4. The van der Waals surface area contributed by atoms with Gasteiger partial charge in [-0.2, -0.15) is 0 Å². The minimum atomic E-state index is -1.32. The lowest BCUT2D eigenvalue weighted by atomic mass is 9.86. The molecule has 2 amide bonds. The zero-order valence-electron chi connectivity index (χ0n) is 30.8. The van der Waals surface area contributed by atoms with Crippen LogP contribution >= 0.6 is 0 Å². The molecule has 1 aliphatic heterocycles. The van der Waals surface area contributed by atoms with Gasteiger partial charge in [0, 0.05) is 18.6 Å². The molecule has 2 heterocycles. The summed E-state index contributed by atoms with van der Waals surface area (Å²) >= 11 is 0. The van der Waals surface area contributed by atoms with Gasteiger partial charge in [-0.3, -0.25) is 4.79 Å². The summed E-state index contributed by atoms with van der Waals surface area (Å²) < 4.78 is 24.3. The first-order chi connectivity index (χ1) is 24.5. The quantitative estimate of drug-likeness (QED) is 0.110. The van der Waals surface area contributed by atoms with Crippen LogP contribution in [0.2, 0.25) is 0 Å². The first-order valence-corrected chi connectivity index (χ1v) is 18.2. The van der Waals surface area contributed by atoms with Crippen molar-refractivity contribution in [1.82, 2.24) is 4.90 Å². The van der Waals surface area contributed by atoms with Gasteiger partial charge in [0.15, 0.2) is 0 Å². The van der Waals surface area contributed by atoms with Gasteiger partial charge < -0.3 is 23.7 Å². The van der Waals surface area contributed by atoms with E-state index in [0.29, 0.717) is 38.4 Å². The largest absolute Gasteiger partial charge is 0.463 e. The van der Waals surface area contributed by atoms with Gasteiger partial charge in [-0.05, 0) is 68.7 Å². The van der Waals surface area contributed by atoms with Crippen molar-refractivity contribution in [2.75, 3.05) is 13.2 Å². The molecule has 1 N–H and O–H groups in total. The Morgan fingerprint density at radius 1 is 0.961 bits per heavy atom. The van der Waals surface area contributed by atoms with Crippen LogP contribution < -0.4 is 0 Å². The molecule has 1 fully saturated rings. The van der Waals surface area contributed by atoms with Crippen LogP contribution in [0.15, 0.2) is 95.4 Å². The molecule has 8 heteroatoms. The number of cyclic esters (lactones) is 1. The molecule has 0 saturated carbocycles. The van der Waals surface area contributed by atoms with E-state index in [1.807, 2.05) is 107 Å². The predicted molar refractivity (Wildman–Crippen MR) is 198 cm³/mol. The molecular formula is C43H53NO7. The maximum atomic E-state index is 14.4. The van der Waals surface area contributed by atoms with Crippen molar-refractivity contribution in [3.63, 3.8) is 0 Å². The standard InChI is InChI=1S/C43H53NO7/c1-7-34(49-27-32-19-12-9-13-20-32)28-48-23-15-22-37-35(33-21-14-16-30(4)24-33)26-38(50-37)39(45)36(25-31-17-10-8-11-18-31)41(46)44-40(29(2)3)43(5,6)51-42(44)47/h8-14,16-21,24,26,29,34,36,39-40,45H,7,15,22-23,25,27-28H2,1-6H3/t34-,36-,39-,40?/m0/s1. The van der Waals surface area contributed by atoms with E-state index in [2.05, 4.69) is 25.1 Å². The number of furan rings is 1. The lowest BCUT2D eigenvalue weighted by Crippen LogP contribution is -2.50. The van der Waals surface area contributed by atoms with Gasteiger partial charge in [0.25, 0.3) is 0 Å². The van der Waals surface area contributed by atoms with Gasteiger partial charge in [0.1, 0.15) is 23.2 Å². The smallest absolute Gasteiger partial charge is 0.417 e. The van der Waals surface area contributed by atoms with Crippen LogP contribution in [-0.4, -0.2) is 53.0 Å². The number of carbonyl (C=O) groups excluding carboxylic acids is 2. The molecule has 1 saturated heterocycles. The molecule has 1 aliphatic rings. The monoisotopic (exact) mass is 695 g/mol. The maximum Gasteiger partial charge on any atom is 0.417 e. The Bertz CT molecular complexity index is 1710. The summed E-state index contributed by atoms with van der Waals surface area (Å²) in [7, 11) is 0. The van der Waals surface area contributed by atoms with Gasteiger partial charge in [0.2, 0.25) is 5.91 Å². The molecule has 1 aromatic heterocycles. The van der Waals surface area contributed by atoms with Gasteiger partial charge in [0.05, 0.1) is 31.3 Å². The van der Waals surface area contributed by atoms with E-state index < -0.39 is 35.7 Å². The van der Waals surface area contributed by atoms with Crippen molar-refractivity contribution in [1.29, 1.82) is 0 Å². The van der Waals surface area contributed by atoms with E-state index in [0.717, 1.165) is 34.2 Å². The molecule has 4 atom stereocenters. The van der Waals surface area contributed by atoms with Gasteiger partial charge in [-0.15, -0.1) is 0 Å². The number of hydrogen-bond acceptors (Lipinski definition) is 7. The third-order valence-electron chi connectivity index (χ3n) is 9.63. The summed E-state index contributed by atoms with van der Waals surface area (Å²) in [6.45, 7) is 13.2. The molecule has 8 nitrogen and oxygen atoms in total. The van der Waals surface area contributed by atoms with Gasteiger partial charge in [-0.1, -0.05) is 111 Å². The number of aliphatic hydroxyl groups excluding tert-OH is 1. The first-order valence-electron chi connectivity index (χ1n) is 18.2. The van der Waals surface area contributed by atoms with Crippen molar-refractivity contribution >= 4 is 12.0 Å². The summed E-state index contributed by atoms with van der Waals surface area (Å²) in [5.41, 5.74) is 4.04. The SMILES string of the molecule is CC[C@@H](COCCCc1oc([C@@H](O)[C@H](Cc2ccccc2)C(=O)N2C(=O)OC(C)(C)C2C(C)C)cc1-c1cccc(C)c1)OCc1ccccc1. The summed E-state index contributed by atoms with van der Waals surface area (Å²) in [6, 6.07) is 29.1. The summed E-state index contributed by atoms with van der Waals surface area (Å²) in [5, 5.41) is 12.1. The number of hydrogen-bond donors (Lipinski definition) is 1. The van der Waals surface area contributed by atoms with Crippen LogP contribution in [0.25, 0.3) is 11.1 Å². The number of imide groups is 1. The lowest BCUT2D eigenvalue weighted by Gasteiger charge is -2.33. The second-order valence-corrected chi connectivity index (χ2v) is 14.5. The van der Waals surface area contributed by atoms with Crippen molar-refractivity contribution < 1.29 is 33.3 Å². The molecule has 51 heavy (non-hydrogen) atoms. The van der Waals surface area contributed by atoms with E-state index in [9.17, 15) is 14.7 Å². The molecule has 0 bridgehead atoms. The lowest BCUT2D eigenvalue weighted by molar-refractivity contribution is -0.139. The highest BCUT2D eigenvalue weighted by Crippen LogP contribution is 2.39. The van der Waals surface area contributed by atoms with E-state index in [-0.39, 0.29) is 24.2 Å². The van der Waals surface area contributed by atoms with Gasteiger partial charge >= 0.3 is 6.09 Å². The van der Waals surface area contributed by atoms with Crippen molar-refractivity contribution in [2.45, 2.75) is 97.7 Å². The van der Waals surface area contributed by atoms with Crippen molar-refractivity contribution in [3.8, 4) is 11.1 Å². The number of benzene rings is 3. The normalized spacial score (nSPS) is 17.4. The number of carbonyl (C=O) groups is 2. The Kier molecular flexibility index (Phi) is 12.9. The van der Waals surface area contributed by atoms with Crippen molar-refractivity contribution in [2.24, 2.45) is 11.8 Å². The molecule has 5 rings (SSSR count). The van der Waals surface area contributed by atoms with E-state index >= 15 is 0 Å². The Morgan fingerprint density at radius 2 is 1.65 bits per heavy atom. The average molecular weight is 696 g/mol. The Balaban J connectivity index is 1.35. The Morgan fingerprint density at radius 3 is 2.29 bits per heavy atom. The highest BCUT2D eigenvalue weighted by atomic mass is 16.6. The zero-order chi connectivity index (χ0) is 36.5. The third kappa shape index (κ3) is 9.56. The highest BCUT2D eigenvalue weighted by Gasteiger charge is 2.53. The molecule has 4 aromatic rings. The summed E-state index contributed by atoms with van der Waals surface area (Å²) in [4.78, 5) is 28.9. The number of rotatable bonds is 17. The number of nitrogens with zero attached hydrogens (tertiary/aromatic N) is 1. The second kappa shape index (κ2) is 17.3. The number of aryl methyl sites for hydroxylation is 2. The first kappa shape index (κ1) is 38.0. The van der Waals surface area contributed by atoms with Crippen molar-refractivity contribution in [3.05, 3.63) is 119 Å². The van der Waals surface area contributed by atoms with Crippen LogP contribution in [-0.2, 0) is 38.5 Å². The Labute approximate surface area is 302 Å².